The van der Waals surface area contributed by atoms with Crippen LogP contribution < -0.4 is 15.2 Å². The molecule has 1 atom stereocenters. The third kappa shape index (κ3) is 6.62. The second kappa shape index (κ2) is 12.3. The molecule has 2 aromatic carbocycles. The highest BCUT2D eigenvalue weighted by Gasteiger charge is 2.31. The monoisotopic (exact) mass is 626 g/mol. The van der Waals surface area contributed by atoms with Crippen molar-refractivity contribution >= 4 is 69.5 Å². The number of carbonyl (C=O) groups is 3. The first-order valence-corrected chi connectivity index (χ1v) is 15.1. The molecular weight excluding hydrogens is 592 g/mol. The number of aliphatic imine (C=N–C) groups is 1. The van der Waals surface area contributed by atoms with Crippen LogP contribution in [0.15, 0.2) is 23.2 Å². The molecule has 3 aromatic rings. The van der Waals surface area contributed by atoms with Gasteiger partial charge in [-0.2, -0.15) is 0 Å². The smallest absolute Gasteiger partial charge is 0.415 e. The predicted molar refractivity (Wildman–Crippen MR) is 169 cm³/mol. The summed E-state index contributed by atoms with van der Waals surface area (Å²) in [5, 5.41) is 32.1. The number of aromatic nitrogens is 1. The lowest BCUT2D eigenvalue weighted by molar-refractivity contribution is -0.137. The summed E-state index contributed by atoms with van der Waals surface area (Å²) in [6.45, 7) is 13.4. The van der Waals surface area contributed by atoms with E-state index in [9.17, 15) is 29.7 Å². The number of thiazole rings is 1. The Kier molecular flexibility index (Phi) is 9.07. The van der Waals surface area contributed by atoms with Gasteiger partial charge in [0.2, 0.25) is 5.91 Å². The van der Waals surface area contributed by atoms with Crippen molar-refractivity contribution in [1.82, 2.24) is 14.8 Å². The third-order valence-electron chi connectivity index (χ3n) is 7.38. The van der Waals surface area contributed by atoms with Gasteiger partial charge in [-0.25, -0.2) is 14.6 Å². The first kappa shape index (κ1) is 31.8. The Morgan fingerprint density at radius 3 is 2.42 bits per heavy atom. The predicted octanol–water partition coefficient (Wildman–Crippen LogP) is 3.04. The van der Waals surface area contributed by atoms with Gasteiger partial charge >= 0.3 is 12.1 Å². The number of likely N-dealkylation sites (N-methyl/N-ethyl adjacent to an activating group) is 2. The summed E-state index contributed by atoms with van der Waals surface area (Å²) in [6, 6.07) is 4.27. The Hall–Kier alpha value is -4.10. The number of rotatable bonds is 9. The molecule has 0 unspecified atom stereocenters. The van der Waals surface area contributed by atoms with Crippen molar-refractivity contribution in [2.75, 3.05) is 32.9 Å². The van der Waals surface area contributed by atoms with Crippen molar-refractivity contribution in [3.63, 3.8) is 0 Å². The number of nitrogens with zero attached hydrogens (tertiary/aromatic N) is 4. The molecule has 43 heavy (non-hydrogen) atoms. The summed E-state index contributed by atoms with van der Waals surface area (Å²) in [5.41, 5.74) is 0.633. The highest BCUT2D eigenvalue weighted by Crippen LogP contribution is 2.33. The normalized spacial score (nSPS) is 14.9. The molecular formula is C30H34N4O7S2. The SMILES string of the molecule is C=c1c(C)c(O)c(=C)c(C(C)(C)CC(=O)N(C)CCN(C)C(=O)Oc2ccc3nc(C4=N[C@@H](C(=O)O)CS4)sc3c2)c1O. The molecule has 13 heteroatoms. The molecule has 11 nitrogen and oxygen atoms in total. The van der Waals surface area contributed by atoms with Crippen LogP contribution in [0.25, 0.3) is 23.4 Å². The molecule has 2 amide bonds. The van der Waals surface area contributed by atoms with Crippen molar-refractivity contribution in [3.05, 3.63) is 44.8 Å². The standard InChI is InChI=1S/C30H34N4O7S2/c1-15-16(2)25(37)23(17(3)24(15)36)30(4,5)13-22(35)33(6)10-11-34(7)29(40)41-18-8-9-19-21(12-18)43-27(31-19)26-32-20(14-42-26)28(38)39/h8-9,12,20,36-37H,2-3,10-11,13-14H2,1,4-7H3,(H,38,39)/t20-/m1/s1. The van der Waals surface area contributed by atoms with E-state index < -0.39 is 23.5 Å². The summed E-state index contributed by atoms with van der Waals surface area (Å²) < 4.78 is 6.31. The molecule has 1 aromatic heterocycles. The minimum Gasteiger partial charge on any atom is -0.507 e. The summed E-state index contributed by atoms with van der Waals surface area (Å²) in [5.74, 6) is -0.645. The molecule has 0 saturated carbocycles. The number of carboxylic acids is 1. The minimum absolute atomic E-state index is 0.0222. The van der Waals surface area contributed by atoms with E-state index in [0.717, 1.165) is 4.70 Å². The Labute approximate surface area is 256 Å². The van der Waals surface area contributed by atoms with E-state index in [1.54, 1.807) is 53.1 Å². The Bertz CT molecular complexity index is 1750. The van der Waals surface area contributed by atoms with Gasteiger partial charge in [-0.05, 0) is 19.1 Å². The number of ether oxygens (including phenoxy) is 1. The fraction of sp³-hybridized carbons (Fsp3) is 0.367. The molecule has 2 heterocycles. The van der Waals surface area contributed by atoms with Crippen LogP contribution in [-0.4, -0.2) is 92.1 Å². The number of aromatic hydroxyl groups is 2. The van der Waals surface area contributed by atoms with E-state index in [1.165, 1.54) is 32.9 Å². The number of benzene rings is 2. The van der Waals surface area contributed by atoms with Gasteiger partial charge in [-0.15, -0.1) is 23.1 Å². The van der Waals surface area contributed by atoms with Gasteiger partial charge in [-0.3, -0.25) is 9.79 Å². The molecule has 0 aliphatic carbocycles. The van der Waals surface area contributed by atoms with Gasteiger partial charge in [0.25, 0.3) is 0 Å². The number of hydrogen-bond acceptors (Lipinski definition) is 10. The number of hydrogen-bond donors (Lipinski definition) is 3. The van der Waals surface area contributed by atoms with Crippen LogP contribution in [-0.2, 0) is 15.0 Å². The second-order valence-corrected chi connectivity index (χ2v) is 13.1. The maximum atomic E-state index is 13.1. The number of phenols is 2. The lowest BCUT2D eigenvalue weighted by atomic mass is 9.78. The van der Waals surface area contributed by atoms with Gasteiger partial charge in [0.1, 0.15) is 27.3 Å². The van der Waals surface area contributed by atoms with E-state index >= 15 is 0 Å². The van der Waals surface area contributed by atoms with Gasteiger partial charge in [0, 0.05) is 72.4 Å². The van der Waals surface area contributed by atoms with Crippen molar-refractivity contribution in [2.45, 2.75) is 38.6 Å². The number of carbonyl (C=O) groups excluding carboxylic acids is 2. The first-order chi connectivity index (χ1) is 20.1. The molecule has 0 spiro atoms. The maximum Gasteiger partial charge on any atom is 0.415 e. The first-order valence-electron chi connectivity index (χ1n) is 13.3. The summed E-state index contributed by atoms with van der Waals surface area (Å²) in [4.78, 5) is 48.7. The van der Waals surface area contributed by atoms with Gasteiger partial charge in [-0.1, -0.05) is 27.0 Å². The van der Waals surface area contributed by atoms with E-state index in [-0.39, 0.29) is 42.1 Å². The van der Waals surface area contributed by atoms with Crippen molar-refractivity contribution in [1.29, 1.82) is 0 Å². The second-order valence-electron chi connectivity index (χ2n) is 11.1. The van der Waals surface area contributed by atoms with Crippen molar-refractivity contribution in [2.24, 2.45) is 4.99 Å². The molecule has 3 N–H and O–H groups in total. The van der Waals surface area contributed by atoms with Crippen LogP contribution in [0.2, 0.25) is 0 Å². The zero-order valence-electron chi connectivity index (χ0n) is 24.6. The molecule has 0 fully saturated rings. The minimum atomic E-state index is -0.967. The molecule has 4 rings (SSSR count). The summed E-state index contributed by atoms with van der Waals surface area (Å²) in [7, 11) is 3.20. The van der Waals surface area contributed by atoms with Crippen LogP contribution >= 0.6 is 23.1 Å². The summed E-state index contributed by atoms with van der Waals surface area (Å²) >= 11 is 2.69. The molecule has 0 radical (unpaired) electrons. The molecule has 1 aliphatic heterocycles. The van der Waals surface area contributed by atoms with E-state index in [4.69, 9.17) is 4.74 Å². The van der Waals surface area contributed by atoms with Crippen LogP contribution in [0.3, 0.4) is 0 Å². The fourth-order valence-corrected chi connectivity index (χ4v) is 6.75. The van der Waals surface area contributed by atoms with Crippen molar-refractivity contribution < 1.29 is 34.4 Å². The number of thioether (sulfide) groups is 1. The Morgan fingerprint density at radius 1 is 1.09 bits per heavy atom. The maximum absolute atomic E-state index is 13.1. The van der Waals surface area contributed by atoms with Gasteiger partial charge in [0.15, 0.2) is 6.04 Å². The number of fused-ring (bicyclic) bond motifs is 1. The summed E-state index contributed by atoms with van der Waals surface area (Å²) in [6.07, 6.45) is -0.580. The van der Waals surface area contributed by atoms with Crippen LogP contribution in [0.4, 0.5) is 4.79 Å². The topological polar surface area (TPSA) is 153 Å². The Morgan fingerprint density at radius 2 is 1.77 bits per heavy atom. The number of carboxylic acid groups (broad SMARTS) is 1. The third-order valence-corrected chi connectivity index (χ3v) is 9.59. The molecule has 1 aliphatic rings. The highest BCUT2D eigenvalue weighted by atomic mass is 32.2. The van der Waals surface area contributed by atoms with Gasteiger partial charge in [0.05, 0.1) is 10.2 Å². The lowest BCUT2D eigenvalue weighted by Crippen LogP contribution is -2.41. The zero-order chi connectivity index (χ0) is 31.8. The number of phenolic OH excluding ortho intramolecular Hbond substituents is 2. The van der Waals surface area contributed by atoms with Crippen LogP contribution in [0.1, 0.15) is 36.4 Å². The zero-order valence-corrected chi connectivity index (χ0v) is 26.3. The number of aliphatic carboxylic acids is 1. The van der Waals surface area contributed by atoms with E-state index in [0.29, 0.717) is 43.4 Å². The Balaban J connectivity index is 1.35. The lowest BCUT2D eigenvalue weighted by Gasteiger charge is -2.30. The average Bonchev–Trinajstić information content (AvgIpc) is 3.60. The average molecular weight is 627 g/mol. The largest absolute Gasteiger partial charge is 0.507 e. The number of amides is 2. The quantitative estimate of drug-likeness (QED) is 0.304. The highest BCUT2D eigenvalue weighted by molar-refractivity contribution is 8.15. The fourth-order valence-electron chi connectivity index (χ4n) is 4.66. The molecule has 0 bridgehead atoms. The van der Waals surface area contributed by atoms with Gasteiger partial charge < -0.3 is 29.9 Å². The van der Waals surface area contributed by atoms with E-state index in [2.05, 4.69) is 23.1 Å². The van der Waals surface area contributed by atoms with Crippen LogP contribution in [0.5, 0.6) is 17.2 Å². The van der Waals surface area contributed by atoms with Crippen molar-refractivity contribution in [3.8, 4) is 17.2 Å². The van der Waals surface area contributed by atoms with Crippen LogP contribution in [0, 0.1) is 6.92 Å². The molecule has 0 saturated heterocycles. The van der Waals surface area contributed by atoms with E-state index in [1.807, 2.05) is 0 Å². The molecule has 228 valence electrons.